The lowest BCUT2D eigenvalue weighted by atomic mass is 9.75. The van der Waals surface area contributed by atoms with Gasteiger partial charge in [0.25, 0.3) is 0 Å². The zero-order chi connectivity index (χ0) is 24.8. The molecule has 1 aliphatic rings. The van der Waals surface area contributed by atoms with Gasteiger partial charge in [-0.2, -0.15) is 8.42 Å². The van der Waals surface area contributed by atoms with Crippen LogP contribution in [0, 0.1) is 17.3 Å². The van der Waals surface area contributed by atoms with Gasteiger partial charge in [0.05, 0.1) is 12.9 Å². The van der Waals surface area contributed by atoms with E-state index in [2.05, 4.69) is 0 Å². The van der Waals surface area contributed by atoms with Gasteiger partial charge in [-0.15, -0.1) is 0 Å². The fourth-order valence-electron chi connectivity index (χ4n) is 4.77. The van der Waals surface area contributed by atoms with Gasteiger partial charge in [-0.25, -0.2) is 0 Å². The molecule has 0 bridgehead atoms. The Labute approximate surface area is 202 Å². The van der Waals surface area contributed by atoms with Crippen molar-refractivity contribution in [3.8, 4) is 11.5 Å². The molecule has 0 amide bonds. The molecule has 0 heterocycles. The summed E-state index contributed by atoms with van der Waals surface area (Å²) in [5.74, 6) is 1.07. The van der Waals surface area contributed by atoms with Crippen LogP contribution in [0.4, 0.5) is 0 Å². The molecule has 2 aromatic rings. The minimum absolute atomic E-state index is 0.0535. The van der Waals surface area contributed by atoms with Gasteiger partial charge < -0.3 is 13.7 Å². The molecule has 34 heavy (non-hydrogen) atoms. The summed E-state index contributed by atoms with van der Waals surface area (Å²) < 4.78 is 36.1. The number of hydrogen-bond acceptors (Lipinski definition) is 6. The summed E-state index contributed by atoms with van der Waals surface area (Å²) in [7, 11) is -2.18. The van der Waals surface area contributed by atoms with Crippen molar-refractivity contribution in [1.29, 1.82) is 0 Å². The summed E-state index contributed by atoms with van der Waals surface area (Å²) in [6.07, 6.45) is 5.79. The van der Waals surface area contributed by atoms with Crippen molar-refractivity contribution in [2.24, 2.45) is 17.3 Å². The summed E-state index contributed by atoms with van der Waals surface area (Å²) in [4.78, 5) is 22.1. The normalized spacial score (nSPS) is 20.0. The first kappa shape index (κ1) is 25.7. The highest BCUT2D eigenvalue weighted by atomic mass is 32.2. The molecule has 6 nitrogen and oxygen atoms in total. The number of ether oxygens (including phenoxy) is 1. The summed E-state index contributed by atoms with van der Waals surface area (Å²) in [6, 6.07) is 14.3. The molecule has 0 aliphatic heterocycles. The van der Waals surface area contributed by atoms with E-state index < -0.39 is 10.1 Å². The van der Waals surface area contributed by atoms with Gasteiger partial charge in [0, 0.05) is 6.42 Å². The maximum atomic E-state index is 12.7. The van der Waals surface area contributed by atoms with Crippen LogP contribution >= 0.6 is 0 Å². The van der Waals surface area contributed by atoms with Crippen molar-refractivity contribution < 1.29 is 26.9 Å². The zero-order valence-electron chi connectivity index (χ0n) is 19.9. The van der Waals surface area contributed by atoms with Gasteiger partial charge >= 0.3 is 10.1 Å². The molecule has 0 radical (unpaired) electrons. The highest BCUT2D eigenvalue weighted by Gasteiger charge is 2.44. The lowest BCUT2D eigenvalue weighted by molar-refractivity contribution is -0.109. The summed E-state index contributed by atoms with van der Waals surface area (Å²) >= 11 is 0. The third-order valence-electron chi connectivity index (χ3n) is 7.03. The third-order valence-corrected chi connectivity index (χ3v) is 8.28. The first-order valence-electron chi connectivity index (χ1n) is 11.4. The number of allylic oxidation sites excluding steroid dienone is 2. The molecule has 0 N–H and O–H groups in total. The van der Waals surface area contributed by atoms with Crippen LogP contribution in [0.5, 0.6) is 11.5 Å². The maximum Gasteiger partial charge on any atom is 0.309 e. The van der Waals surface area contributed by atoms with Crippen LogP contribution in [0.1, 0.15) is 44.2 Å². The molecule has 1 aliphatic carbocycles. The second-order valence-electron chi connectivity index (χ2n) is 9.38. The van der Waals surface area contributed by atoms with Crippen molar-refractivity contribution in [3.05, 3.63) is 65.7 Å². The number of aldehydes is 2. The molecule has 0 saturated heterocycles. The molecule has 182 valence electrons. The zero-order valence-corrected chi connectivity index (χ0v) is 20.7. The van der Waals surface area contributed by atoms with E-state index in [1.807, 2.05) is 38.1 Å². The van der Waals surface area contributed by atoms with E-state index in [4.69, 9.17) is 8.92 Å². The Morgan fingerprint density at radius 1 is 0.971 bits per heavy atom. The van der Waals surface area contributed by atoms with Gasteiger partial charge in [0.2, 0.25) is 0 Å². The van der Waals surface area contributed by atoms with Crippen molar-refractivity contribution in [1.82, 2.24) is 0 Å². The number of benzene rings is 2. The molecular formula is C27H32O6S. The first-order chi connectivity index (χ1) is 16.2. The highest BCUT2D eigenvalue weighted by Crippen LogP contribution is 2.49. The Bertz CT molecular complexity index is 1110. The van der Waals surface area contributed by atoms with Crippen molar-refractivity contribution in [3.63, 3.8) is 0 Å². The second kappa shape index (κ2) is 11.0. The summed E-state index contributed by atoms with van der Waals surface area (Å²) in [6.45, 7) is 4.08. The van der Waals surface area contributed by atoms with Gasteiger partial charge in [-0.1, -0.05) is 38.1 Å². The molecule has 2 atom stereocenters. The Hall–Kier alpha value is -2.93. The van der Waals surface area contributed by atoms with Gasteiger partial charge in [0.15, 0.2) is 0 Å². The molecule has 1 fully saturated rings. The van der Waals surface area contributed by atoms with E-state index >= 15 is 0 Å². The standard InChI is InChI=1S/C27H32O6S/c1-27(2)23(15-17-29)8-9-24(27)19-34(30,31)33-26-10-4-20(5-11-26)18-22(14-16-28)21-6-12-25(32-3)13-7-21/h4-7,10-14,16-17,23-24H,8-9,15,18-19H2,1-3H3/b22-14+/t23?,24-/m1/s1. The van der Waals surface area contributed by atoms with Crippen molar-refractivity contribution in [2.45, 2.75) is 39.5 Å². The molecule has 0 spiro atoms. The number of methoxy groups -OCH3 is 1. The van der Waals surface area contributed by atoms with E-state index in [9.17, 15) is 18.0 Å². The van der Waals surface area contributed by atoms with E-state index in [0.717, 1.165) is 47.9 Å². The van der Waals surface area contributed by atoms with Crippen LogP contribution in [0.15, 0.2) is 54.6 Å². The molecule has 0 aromatic heterocycles. The van der Waals surface area contributed by atoms with Crippen LogP contribution in [-0.4, -0.2) is 33.9 Å². The molecule has 1 saturated carbocycles. The van der Waals surface area contributed by atoms with Gasteiger partial charge in [-0.05, 0) is 83.6 Å². The number of carbonyl (C=O) groups is 2. The van der Waals surface area contributed by atoms with Crippen LogP contribution in [0.2, 0.25) is 0 Å². The smallest absolute Gasteiger partial charge is 0.309 e. The topological polar surface area (TPSA) is 86.7 Å². The Morgan fingerprint density at radius 3 is 2.18 bits per heavy atom. The minimum Gasteiger partial charge on any atom is -0.497 e. The van der Waals surface area contributed by atoms with Gasteiger partial charge in [0.1, 0.15) is 24.1 Å². The number of carbonyl (C=O) groups excluding carboxylic acids is 2. The highest BCUT2D eigenvalue weighted by molar-refractivity contribution is 7.87. The molecular weight excluding hydrogens is 452 g/mol. The largest absolute Gasteiger partial charge is 0.497 e. The van der Waals surface area contributed by atoms with E-state index in [-0.39, 0.29) is 28.8 Å². The summed E-state index contributed by atoms with van der Waals surface area (Å²) in [5.41, 5.74) is 2.43. The Balaban J connectivity index is 1.66. The minimum atomic E-state index is -3.78. The maximum absolute atomic E-state index is 12.7. The monoisotopic (exact) mass is 484 g/mol. The van der Waals surface area contributed by atoms with Gasteiger partial charge in [-0.3, -0.25) is 4.79 Å². The molecule has 2 aromatic carbocycles. The van der Waals surface area contributed by atoms with E-state index in [1.54, 1.807) is 31.4 Å². The van der Waals surface area contributed by atoms with E-state index in [0.29, 0.717) is 12.8 Å². The third kappa shape index (κ3) is 6.35. The average Bonchev–Trinajstić information content (AvgIpc) is 3.07. The lowest BCUT2D eigenvalue weighted by Gasteiger charge is -2.32. The predicted molar refractivity (Wildman–Crippen MR) is 132 cm³/mol. The predicted octanol–water partition coefficient (Wildman–Crippen LogP) is 4.87. The SMILES string of the molecule is COc1ccc(/C(=C/C=O)Cc2ccc(OS(=O)(=O)C[C@H]3CCC(CC=O)C3(C)C)cc2)cc1. The van der Waals surface area contributed by atoms with E-state index in [1.165, 1.54) is 6.08 Å². The first-order valence-corrected chi connectivity index (χ1v) is 13.0. The Kier molecular flexibility index (Phi) is 8.31. The quantitative estimate of drug-likeness (QED) is 0.257. The fourth-order valence-corrected chi connectivity index (χ4v) is 6.33. The van der Waals surface area contributed by atoms with Crippen molar-refractivity contribution >= 4 is 28.3 Å². The second-order valence-corrected chi connectivity index (χ2v) is 11.0. The fraction of sp³-hybridized carbons (Fsp3) is 0.407. The molecule has 3 rings (SSSR count). The Morgan fingerprint density at radius 2 is 1.59 bits per heavy atom. The molecule has 1 unspecified atom stereocenters. The average molecular weight is 485 g/mol. The van der Waals surface area contributed by atoms with Crippen LogP contribution in [0.3, 0.4) is 0 Å². The number of hydrogen-bond donors (Lipinski definition) is 0. The van der Waals surface area contributed by atoms with Crippen LogP contribution in [-0.2, 0) is 26.1 Å². The van der Waals surface area contributed by atoms with Crippen LogP contribution in [0.25, 0.3) is 5.57 Å². The summed E-state index contributed by atoms with van der Waals surface area (Å²) in [5, 5.41) is 0. The van der Waals surface area contributed by atoms with Crippen LogP contribution < -0.4 is 8.92 Å². The van der Waals surface area contributed by atoms with Crippen molar-refractivity contribution in [2.75, 3.05) is 12.9 Å². The number of rotatable bonds is 11. The molecule has 7 heteroatoms. The lowest BCUT2D eigenvalue weighted by Crippen LogP contribution is -2.31.